The van der Waals surface area contributed by atoms with Crippen LogP contribution < -0.4 is 10.6 Å². The third kappa shape index (κ3) is 3.57. The van der Waals surface area contributed by atoms with Crippen LogP contribution in [0.15, 0.2) is 48.5 Å². The van der Waals surface area contributed by atoms with Gasteiger partial charge in [0.15, 0.2) is 5.11 Å². The summed E-state index contributed by atoms with van der Waals surface area (Å²) in [5.74, 6) is 0. The van der Waals surface area contributed by atoms with Crippen LogP contribution in [0.5, 0.6) is 0 Å². The van der Waals surface area contributed by atoms with E-state index in [9.17, 15) is 0 Å². The zero-order chi connectivity index (χ0) is 13.0. The number of hydrogen-bond donors (Lipinski definition) is 2. The fourth-order valence-electron chi connectivity index (χ4n) is 1.65. The molecule has 0 saturated heterocycles. The molecule has 0 aliphatic heterocycles. The van der Waals surface area contributed by atoms with Gasteiger partial charge in [0.25, 0.3) is 0 Å². The average molecular weight is 256 g/mol. The molecule has 0 radical (unpaired) electrons. The van der Waals surface area contributed by atoms with Crippen molar-refractivity contribution in [3.63, 3.8) is 0 Å². The second kappa shape index (κ2) is 5.65. The Bertz CT molecular complexity index is 547. The molecule has 0 aliphatic rings. The summed E-state index contributed by atoms with van der Waals surface area (Å²) in [5.41, 5.74) is 4.43. The van der Waals surface area contributed by atoms with Gasteiger partial charge in [-0.05, 0) is 55.9 Å². The van der Waals surface area contributed by atoms with Crippen molar-refractivity contribution in [1.29, 1.82) is 0 Å². The van der Waals surface area contributed by atoms with Crippen molar-refractivity contribution < 1.29 is 0 Å². The molecule has 0 heterocycles. The molecule has 2 N–H and O–H groups in total. The van der Waals surface area contributed by atoms with Crippen LogP contribution in [-0.4, -0.2) is 5.11 Å². The molecule has 2 rings (SSSR count). The largest absolute Gasteiger partial charge is 0.332 e. The molecule has 0 fully saturated rings. The molecular formula is C15H16N2S. The van der Waals surface area contributed by atoms with Crippen LogP contribution in [0.4, 0.5) is 11.4 Å². The van der Waals surface area contributed by atoms with E-state index in [0.717, 1.165) is 11.4 Å². The molecule has 0 spiro atoms. The minimum Gasteiger partial charge on any atom is -0.332 e. The molecule has 2 nitrogen and oxygen atoms in total. The van der Waals surface area contributed by atoms with Crippen molar-refractivity contribution in [2.24, 2.45) is 0 Å². The van der Waals surface area contributed by atoms with E-state index in [1.54, 1.807) is 0 Å². The zero-order valence-corrected chi connectivity index (χ0v) is 11.3. The second-order valence-electron chi connectivity index (χ2n) is 4.31. The highest BCUT2D eigenvalue weighted by Gasteiger charge is 1.98. The van der Waals surface area contributed by atoms with Gasteiger partial charge in [-0.1, -0.05) is 29.8 Å². The summed E-state index contributed by atoms with van der Waals surface area (Å²) >= 11 is 5.27. The lowest BCUT2D eigenvalue weighted by Gasteiger charge is -2.11. The van der Waals surface area contributed by atoms with Crippen LogP contribution in [0, 0.1) is 13.8 Å². The van der Waals surface area contributed by atoms with Gasteiger partial charge in [0, 0.05) is 11.4 Å². The standard InChI is InChI=1S/C15H16N2S/c1-11-6-8-13(9-7-11)16-15(18)17-14-5-3-4-12(2)10-14/h3-10H,1-2H3,(H2,16,17,18). The topological polar surface area (TPSA) is 24.1 Å². The summed E-state index contributed by atoms with van der Waals surface area (Å²) < 4.78 is 0. The lowest BCUT2D eigenvalue weighted by Crippen LogP contribution is -2.18. The Morgan fingerprint density at radius 3 is 2.17 bits per heavy atom. The molecular weight excluding hydrogens is 240 g/mol. The maximum Gasteiger partial charge on any atom is 0.175 e. The van der Waals surface area contributed by atoms with Gasteiger partial charge in [-0.2, -0.15) is 0 Å². The number of thiocarbonyl (C=S) groups is 1. The first-order valence-corrected chi connectivity index (χ1v) is 6.26. The molecule has 0 amide bonds. The fourth-order valence-corrected chi connectivity index (χ4v) is 1.89. The Kier molecular flexibility index (Phi) is 3.95. The Hall–Kier alpha value is -1.87. The van der Waals surface area contributed by atoms with Crippen LogP contribution in [0.3, 0.4) is 0 Å². The Morgan fingerprint density at radius 1 is 0.833 bits per heavy atom. The van der Waals surface area contributed by atoms with Crippen LogP contribution >= 0.6 is 12.2 Å². The molecule has 0 aliphatic carbocycles. The van der Waals surface area contributed by atoms with E-state index in [4.69, 9.17) is 12.2 Å². The van der Waals surface area contributed by atoms with E-state index in [-0.39, 0.29) is 0 Å². The van der Waals surface area contributed by atoms with Gasteiger partial charge in [0.2, 0.25) is 0 Å². The summed E-state index contributed by atoms with van der Waals surface area (Å²) in [6.45, 7) is 4.12. The number of rotatable bonds is 2. The van der Waals surface area contributed by atoms with Gasteiger partial charge in [0.1, 0.15) is 0 Å². The SMILES string of the molecule is Cc1ccc(NC(=S)Nc2cccc(C)c2)cc1. The van der Waals surface area contributed by atoms with Gasteiger partial charge in [-0.3, -0.25) is 0 Å². The van der Waals surface area contributed by atoms with E-state index < -0.39 is 0 Å². The Morgan fingerprint density at radius 2 is 1.50 bits per heavy atom. The third-order valence-electron chi connectivity index (χ3n) is 2.59. The van der Waals surface area contributed by atoms with Crippen molar-refractivity contribution in [3.8, 4) is 0 Å². The Balaban J connectivity index is 1.98. The predicted molar refractivity (Wildman–Crippen MR) is 82.2 cm³/mol. The lowest BCUT2D eigenvalue weighted by atomic mass is 10.2. The number of hydrogen-bond acceptors (Lipinski definition) is 1. The van der Waals surface area contributed by atoms with Gasteiger partial charge < -0.3 is 10.6 Å². The first-order chi connectivity index (χ1) is 8.63. The summed E-state index contributed by atoms with van der Waals surface area (Å²) in [4.78, 5) is 0. The molecule has 0 aromatic heterocycles. The normalized spacial score (nSPS) is 9.89. The van der Waals surface area contributed by atoms with Crippen LogP contribution in [0.1, 0.15) is 11.1 Å². The van der Waals surface area contributed by atoms with Gasteiger partial charge in [-0.15, -0.1) is 0 Å². The van der Waals surface area contributed by atoms with E-state index in [0.29, 0.717) is 5.11 Å². The van der Waals surface area contributed by atoms with Gasteiger partial charge in [-0.25, -0.2) is 0 Å². The van der Waals surface area contributed by atoms with Gasteiger partial charge in [0.05, 0.1) is 0 Å². The monoisotopic (exact) mass is 256 g/mol. The summed E-state index contributed by atoms with van der Waals surface area (Å²) in [7, 11) is 0. The van der Waals surface area contributed by atoms with E-state index >= 15 is 0 Å². The molecule has 0 atom stereocenters. The zero-order valence-electron chi connectivity index (χ0n) is 10.5. The number of aryl methyl sites for hydroxylation is 2. The first kappa shape index (κ1) is 12.6. The summed E-state index contributed by atoms with van der Waals surface area (Å²) in [6, 6.07) is 16.3. The van der Waals surface area contributed by atoms with Crippen LogP contribution in [-0.2, 0) is 0 Å². The highest BCUT2D eigenvalue weighted by atomic mass is 32.1. The quantitative estimate of drug-likeness (QED) is 0.791. The molecule has 3 heteroatoms. The van der Waals surface area contributed by atoms with Crippen molar-refractivity contribution in [2.75, 3.05) is 10.6 Å². The van der Waals surface area contributed by atoms with Gasteiger partial charge >= 0.3 is 0 Å². The molecule has 0 bridgehead atoms. The predicted octanol–water partition coefficient (Wildman–Crippen LogP) is 4.11. The van der Waals surface area contributed by atoms with Crippen LogP contribution in [0.2, 0.25) is 0 Å². The van der Waals surface area contributed by atoms with E-state index in [1.807, 2.05) is 24.3 Å². The summed E-state index contributed by atoms with van der Waals surface area (Å²) in [5, 5.41) is 6.92. The smallest absolute Gasteiger partial charge is 0.175 e. The van der Waals surface area contributed by atoms with E-state index in [1.165, 1.54) is 11.1 Å². The number of benzene rings is 2. The number of anilines is 2. The molecule has 2 aromatic rings. The Labute approximate surface area is 113 Å². The molecule has 2 aromatic carbocycles. The minimum absolute atomic E-state index is 0.601. The van der Waals surface area contributed by atoms with Crippen LogP contribution in [0.25, 0.3) is 0 Å². The number of nitrogens with one attached hydrogen (secondary N) is 2. The average Bonchev–Trinajstić information content (AvgIpc) is 2.32. The highest BCUT2D eigenvalue weighted by molar-refractivity contribution is 7.80. The van der Waals surface area contributed by atoms with Crippen molar-refractivity contribution in [1.82, 2.24) is 0 Å². The van der Waals surface area contributed by atoms with E-state index in [2.05, 4.69) is 48.7 Å². The maximum atomic E-state index is 5.27. The maximum absolute atomic E-state index is 5.27. The minimum atomic E-state index is 0.601. The highest BCUT2D eigenvalue weighted by Crippen LogP contribution is 2.12. The van der Waals surface area contributed by atoms with Crippen molar-refractivity contribution >= 4 is 28.7 Å². The first-order valence-electron chi connectivity index (χ1n) is 5.85. The lowest BCUT2D eigenvalue weighted by molar-refractivity contribution is 1.46. The fraction of sp³-hybridized carbons (Fsp3) is 0.133. The molecule has 0 saturated carbocycles. The second-order valence-corrected chi connectivity index (χ2v) is 4.72. The van der Waals surface area contributed by atoms with Crippen molar-refractivity contribution in [3.05, 3.63) is 59.7 Å². The molecule has 0 unspecified atom stereocenters. The third-order valence-corrected chi connectivity index (χ3v) is 2.79. The molecule has 18 heavy (non-hydrogen) atoms. The molecule has 92 valence electrons. The van der Waals surface area contributed by atoms with Crippen molar-refractivity contribution in [2.45, 2.75) is 13.8 Å². The summed E-state index contributed by atoms with van der Waals surface area (Å²) in [6.07, 6.45) is 0.